The minimum atomic E-state index is -1.00. The van der Waals surface area contributed by atoms with Crippen LogP contribution in [0.5, 0.6) is 0 Å². The van der Waals surface area contributed by atoms with Crippen molar-refractivity contribution in [1.29, 1.82) is 0 Å². The number of carboxylic acid groups (broad SMARTS) is 1. The molecular weight excluding hydrogens is 326 g/mol. The van der Waals surface area contributed by atoms with Crippen LogP contribution in [0.2, 0.25) is 0 Å². The summed E-state index contributed by atoms with van der Waals surface area (Å²) in [5.74, 6) is -1.17. The topological polar surface area (TPSA) is 66.8 Å². The number of halogens is 1. The van der Waals surface area contributed by atoms with Crippen molar-refractivity contribution in [3.05, 3.63) is 34.3 Å². The number of nitrogens with zero attached hydrogens (tertiary/aromatic N) is 1. The van der Waals surface area contributed by atoms with E-state index in [0.717, 1.165) is 10.0 Å². The molecule has 0 saturated carbocycles. The van der Waals surface area contributed by atoms with E-state index in [-0.39, 0.29) is 5.91 Å². The molecule has 0 bridgehead atoms. The van der Waals surface area contributed by atoms with Crippen LogP contribution in [0.3, 0.4) is 0 Å². The Morgan fingerprint density at radius 3 is 2.45 bits per heavy atom. The van der Waals surface area contributed by atoms with Crippen LogP contribution in [-0.4, -0.2) is 41.1 Å². The van der Waals surface area contributed by atoms with E-state index in [1.807, 2.05) is 24.3 Å². The summed E-state index contributed by atoms with van der Waals surface area (Å²) in [7, 11) is 1.70. The Morgan fingerprint density at radius 2 is 1.90 bits per heavy atom. The third-order valence-corrected chi connectivity index (χ3v) is 3.81. The fraction of sp³-hybridized carbons (Fsp3) is 0.429. The number of carbonyl (C=O) groups is 2. The first-order chi connectivity index (χ1) is 9.47. The molecule has 1 fully saturated rings. The van der Waals surface area contributed by atoms with Gasteiger partial charge in [0.2, 0.25) is 0 Å². The molecular formula is C14H16BrNO4. The normalized spacial score (nSPS) is 21.7. The highest BCUT2D eigenvalue weighted by molar-refractivity contribution is 9.10. The minimum absolute atomic E-state index is 0.170. The summed E-state index contributed by atoms with van der Waals surface area (Å²) in [6, 6.07) is 7.70. The van der Waals surface area contributed by atoms with Gasteiger partial charge in [-0.3, -0.25) is 4.79 Å². The highest BCUT2D eigenvalue weighted by Gasteiger charge is 2.35. The molecule has 5 nitrogen and oxygen atoms in total. The van der Waals surface area contributed by atoms with Crippen molar-refractivity contribution in [2.24, 2.45) is 0 Å². The van der Waals surface area contributed by atoms with Gasteiger partial charge in [-0.05, 0) is 30.5 Å². The van der Waals surface area contributed by atoms with Crippen LogP contribution >= 0.6 is 15.9 Å². The number of carboxylic acids is 1. The summed E-state index contributed by atoms with van der Waals surface area (Å²) < 4.78 is 6.25. The summed E-state index contributed by atoms with van der Waals surface area (Å²) in [4.78, 5) is 24.6. The standard InChI is InChI=1S/C14H16BrNO4/c1-16(8-9-2-4-10(15)5-3-9)13(17)11-6-7-12(20-11)14(18)19/h2-5,11-12H,6-8H2,1H3,(H,18,19). The van der Waals surface area contributed by atoms with Gasteiger partial charge in [0.25, 0.3) is 5.91 Å². The SMILES string of the molecule is CN(Cc1ccc(Br)cc1)C(=O)C1CCC(C(=O)O)O1. The average Bonchev–Trinajstić information content (AvgIpc) is 2.90. The highest BCUT2D eigenvalue weighted by atomic mass is 79.9. The number of carbonyl (C=O) groups excluding carboxylic acids is 1. The van der Waals surface area contributed by atoms with Crippen LogP contribution in [0.25, 0.3) is 0 Å². The number of aliphatic carboxylic acids is 1. The lowest BCUT2D eigenvalue weighted by Gasteiger charge is -2.21. The van der Waals surface area contributed by atoms with Crippen molar-refractivity contribution in [2.75, 3.05) is 7.05 Å². The maximum Gasteiger partial charge on any atom is 0.332 e. The molecule has 1 aliphatic rings. The fourth-order valence-corrected chi connectivity index (χ4v) is 2.45. The van der Waals surface area contributed by atoms with Crippen LogP contribution in [0.1, 0.15) is 18.4 Å². The average molecular weight is 342 g/mol. The van der Waals surface area contributed by atoms with Crippen molar-refractivity contribution in [3.63, 3.8) is 0 Å². The largest absolute Gasteiger partial charge is 0.479 e. The first-order valence-corrected chi connectivity index (χ1v) is 7.14. The number of likely N-dealkylation sites (N-methyl/N-ethyl adjacent to an activating group) is 1. The molecule has 1 aromatic carbocycles. The van der Waals surface area contributed by atoms with Gasteiger partial charge in [0.1, 0.15) is 6.10 Å². The van der Waals surface area contributed by atoms with E-state index in [1.165, 1.54) is 0 Å². The monoisotopic (exact) mass is 341 g/mol. The maximum absolute atomic E-state index is 12.2. The predicted octanol–water partition coefficient (Wildman–Crippen LogP) is 2.04. The van der Waals surface area contributed by atoms with Crippen molar-refractivity contribution in [3.8, 4) is 0 Å². The molecule has 0 radical (unpaired) electrons. The molecule has 6 heteroatoms. The quantitative estimate of drug-likeness (QED) is 0.909. The van der Waals surface area contributed by atoms with Gasteiger partial charge in [-0.25, -0.2) is 4.79 Å². The van der Waals surface area contributed by atoms with Crippen molar-refractivity contribution in [2.45, 2.75) is 31.6 Å². The Morgan fingerprint density at radius 1 is 1.30 bits per heavy atom. The number of amides is 1. The predicted molar refractivity (Wildman–Crippen MR) is 76.1 cm³/mol. The van der Waals surface area contributed by atoms with E-state index in [0.29, 0.717) is 19.4 Å². The molecule has 1 aromatic rings. The van der Waals surface area contributed by atoms with Gasteiger partial charge in [0.05, 0.1) is 0 Å². The Balaban J connectivity index is 1.92. The summed E-state index contributed by atoms with van der Waals surface area (Å²) in [6.07, 6.45) is -0.653. The summed E-state index contributed by atoms with van der Waals surface area (Å²) >= 11 is 3.36. The number of hydrogen-bond acceptors (Lipinski definition) is 3. The van der Waals surface area contributed by atoms with Gasteiger partial charge < -0.3 is 14.7 Å². The van der Waals surface area contributed by atoms with Crippen LogP contribution in [-0.2, 0) is 20.9 Å². The number of rotatable bonds is 4. The molecule has 2 atom stereocenters. The fourth-order valence-electron chi connectivity index (χ4n) is 2.19. The van der Waals surface area contributed by atoms with Crippen molar-refractivity contribution >= 4 is 27.8 Å². The molecule has 1 N–H and O–H groups in total. The summed E-state index contributed by atoms with van der Waals surface area (Å²) in [5.41, 5.74) is 1.01. The molecule has 1 heterocycles. The Labute approximate surface area is 125 Å². The Bertz CT molecular complexity index is 502. The first-order valence-electron chi connectivity index (χ1n) is 6.35. The van der Waals surface area contributed by atoms with Crippen molar-refractivity contribution in [1.82, 2.24) is 4.90 Å². The lowest BCUT2D eigenvalue weighted by Crippen LogP contribution is -2.36. The first kappa shape index (κ1) is 15.0. The second-order valence-electron chi connectivity index (χ2n) is 4.85. The van der Waals surface area contributed by atoms with E-state index in [1.54, 1.807) is 11.9 Å². The van der Waals surface area contributed by atoms with E-state index < -0.39 is 18.2 Å². The maximum atomic E-state index is 12.2. The van der Waals surface area contributed by atoms with Crippen molar-refractivity contribution < 1.29 is 19.4 Å². The van der Waals surface area contributed by atoms with Gasteiger partial charge in [-0.2, -0.15) is 0 Å². The van der Waals surface area contributed by atoms with Crippen LogP contribution in [0, 0.1) is 0 Å². The van der Waals surface area contributed by atoms with Crippen LogP contribution in [0.4, 0.5) is 0 Å². The molecule has 1 aliphatic heterocycles. The third kappa shape index (κ3) is 3.58. The Hall–Kier alpha value is -1.40. The third-order valence-electron chi connectivity index (χ3n) is 3.28. The number of hydrogen-bond donors (Lipinski definition) is 1. The van der Waals surface area contributed by atoms with Crippen LogP contribution < -0.4 is 0 Å². The van der Waals surface area contributed by atoms with E-state index >= 15 is 0 Å². The van der Waals surface area contributed by atoms with E-state index in [9.17, 15) is 9.59 Å². The molecule has 2 rings (SSSR count). The zero-order chi connectivity index (χ0) is 14.7. The molecule has 0 aromatic heterocycles. The summed E-state index contributed by atoms with van der Waals surface area (Å²) in [6.45, 7) is 0.476. The molecule has 1 amide bonds. The van der Waals surface area contributed by atoms with E-state index in [4.69, 9.17) is 9.84 Å². The zero-order valence-corrected chi connectivity index (χ0v) is 12.7. The van der Waals surface area contributed by atoms with Gasteiger partial charge in [0, 0.05) is 18.1 Å². The lowest BCUT2D eigenvalue weighted by molar-refractivity contribution is -0.154. The van der Waals surface area contributed by atoms with Gasteiger partial charge in [-0.15, -0.1) is 0 Å². The van der Waals surface area contributed by atoms with Gasteiger partial charge in [0.15, 0.2) is 6.10 Å². The van der Waals surface area contributed by atoms with E-state index in [2.05, 4.69) is 15.9 Å². The number of benzene rings is 1. The lowest BCUT2D eigenvalue weighted by atomic mass is 10.1. The zero-order valence-electron chi connectivity index (χ0n) is 11.1. The molecule has 0 spiro atoms. The molecule has 2 unspecified atom stereocenters. The van der Waals surface area contributed by atoms with Gasteiger partial charge in [-0.1, -0.05) is 28.1 Å². The van der Waals surface area contributed by atoms with Crippen LogP contribution in [0.15, 0.2) is 28.7 Å². The molecule has 20 heavy (non-hydrogen) atoms. The number of ether oxygens (including phenoxy) is 1. The highest BCUT2D eigenvalue weighted by Crippen LogP contribution is 2.22. The smallest absolute Gasteiger partial charge is 0.332 e. The summed E-state index contributed by atoms with van der Waals surface area (Å²) in [5, 5.41) is 8.86. The second kappa shape index (κ2) is 6.37. The molecule has 0 aliphatic carbocycles. The minimum Gasteiger partial charge on any atom is -0.479 e. The molecule has 1 saturated heterocycles. The second-order valence-corrected chi connectivity index (χ2v) is 5.77. The van der Waals surface area contributed by atoms with Gasteiger partial charge >= 0.3 is 5.97 Å². The molecule has 108 valence electrons. The Kier molecular flexibility index (Phi) is 4.77.